The van der Waals surface area contributed by atoms with Crippen LogP contribution < -0.4 is 0 Å². The molecule has 0 aliphatic carbocycles. The Hall–Kier alpha value is -2.04. The smallest absolute Gasteiger partial charge is 0.337 e. The van der Waals surface area contributed by atoms with Crippen molar-refractivity contribution in [1.82, 2.24) is 0 Å². The molecule has 1 amide bonds. The number of rotatable bonds is 3. The van der Waals surface area contributed by atoms with Gasteiger partial charge in [-0.1, -0.05) is 12.1 Å². The van der Waals surface area contributed by atoms with Crippen LogP contribution in [-0.2, 0) is 4.79 Å². The molecule has 0 bridgehead atoms. The van der Waals surface area contributed by atoms with Crippen LogP contribution in [-0.4, -0.2) is 17.5 Å². The van der Waals surface area contributed by atoms with E-state index in [-0.39, 0.29) is 17.7 Å². The minimum atomic E-state index is -1.10. The lowest BCUT2D eigenvalue weighted by molar-refractivity contribution is -0.107. The van der Waals surface area contributed by atoms with Crippen molar-refractivity contribution < 1.29 is 14.7 Å². The van der Waals surface area contributed by atoms with Gasteiger partial charge in [-0.25, -0.2) is 4.79 Å². The van der Waals surface area contributed by atoms with E-state index in [0.717, 1.165) is 0 Å². The fourth-order valence-electron chi connectivity index (χ4n) is 0.827. The number of hydrogen-bond donors (Lipinski definition) is 1. The third kappa shape index (κ3) is 2.19. The number of benzene rings is 1. The van der Waals surface area contributed by atoms with E-state index in [4.69, 9.17) is 5.11 Å². The van der Waals surface area contributed by atoms with Crippen LogP contribution in [0.3, 0.4) is 0 Å². The molecule has 0 saturated heterocycles. The van der Waals surface area contributed by atoms with Crippen molar-refractivity contribution in [3.05, 3.63) is 29.8 Å². The summed E-state index contributed by atoms with van der Waals surface area (Å²) in [5.74, 6) is -1.10. The maximum atomic E-state index is 10.6. The molecule has 0 fully saturated rings. The van der Waals surface area contributed by atoms with E-state index in [0.29, 0.717) is 0 Å². The summed E-state index contributed by atoms with van der Waals surface area (Å²) in [5.41, 5.74) is 0.190. The first-order valence-corrected chi connectivity index (χ1v) is 3.42. The molecule has 5 nitrogen and oxygen atoms in total. The van der Waals surface area contributed by atoms with Crippen LogP contribution in [0.4, 0.5) is 5.69 Å². The number of aromatic carboxylic acids is 1. The molecule has 1 N–H and O–H groups in total. The van der Waals surface area contributed by atoms with Gasteiger partial charge in [0.2, 0.25) is 0 Å². The highest BCUT2D eigenvalue weighted by Crippen LogP contribution is 2.18. The zero-order valence-corrected chi connectivity index (χ0v) is 6.54. The molecular formula is C8H6N2O3. The number of carbonyl (C=O) groups is 2. The van der Waals surface area contributed by atoms with Gasteiger partial charge in [-0.15, -0.1) is 10.2 Å². The largest absolute Gasteiger partial charge is 0.478 e. The second-order valence-corrected chi connectivity index (χ2v) is 2.14. The lowest BCUT2D eigenvalue weighted by atomic mass is 10.2. The third-order valence-corrected chi connectivity index (χ3v) is 1.35. The first-order chi connectivity index (χ1) is 6.25. The minimum Gasteiger partial charge on any atom is -0.478 e. The molecule has 0 saturated carbocycles. The second kappa shape index (κ2) is 4.10. The van der Waals surface area contributed by atoms with E-state index in [2.05, 4.69) is 10.2 Å². The van der Waals surface area contributed by atoms with Gasteiger partial charge >= 0.3 is 5.97 Å². The van der Waals surface area contributed by atoms with Crippen LogP contribution in [0, 0.1) is 0 Å². The molecule has 0 aliphatic heterocycles. The molecule has 1 rings (SSSR count). The van der Waals surface area contributed by atoms with Crippen molar-refractivity contribution in [2.24, 2.45) is 10.2 Å². The highest BCUT2D eigenvalue weighted by Gasteiger charge is 2.07. The topological polar surface area (TPSA) is 79.1 Å². The predicted octanol–water partition coefficient (Wildman–Crippen LogP) is 1.62. The van der Waals surface area contributed by atoms with Crippen LogP contribution in [0.5, 0.6) is 0 Å². The van der Waals surface area contributed by atoms with E-state index in [9.17, 15) is 9.59 Å². The van der Waals surface area contributed by atoms with Crippen LogP contribution in [0.25, 0.3) is 0 Å². The number of nitrogens with zero attached hydrogens (tertiary/aromatic N) is 2. The van der Waals surface area contributed by atoms with E-state index in [1.807, 2.05) is 0 Å². The number of hydrogen-bond acceptors (Lipinski definition) is 3. The van der Waals surface area contributed by atoms with Crippen molar-refractivity contribution in [1.29, 1.82) is 0 Å². The van der Waals surface area contributed by atoms with Crippen molar-refractivity contribution in [2.75, 3.05) is 0 Å². The monoisotopic (exact) mass is 178 g/mol. The molecule has 66 valence electrons. The Morgan fingerprint density at radius 1 is 1.38 bits per heavy atom. The lowest BCUT2D eigenvalue weighted by Crippen LogP contribution is -1.95. The van der Waals surface area contributed by atoms with Crippen molar-refractivity contribution >= 4 is 18.1 Å². The molecule has 0 aromatic heterocycles. The van der Waals surface area contributed by atoms with Crippen LogP contribution >= 0.6 is 0 Å². The van der Waals surface area contributed by atoms with Gasteiger partial charge < -0.3 is 5.11 Å². The SMILES string of the molecule is O=CN=Nc1ccccc1C(=O)O. The highest BCUT2D eigenvalue weighted by atomic mass is 16.4. The molecule has 0 aliphatic rings. The van der Waals surface area contributed by atoms with Crippen LogP contribution in [0.2, 0.25) is 0 Å². The van der Waals surface area contributed by atoms with E-state index < -0.39 is 5.97 Å². The Labute approximate surface area is 73.7 Å². The summed E-state index contributed by atoms with van der Waals surface area (Å²) in [6, 6.07) is 6.05. The average Bonchev–Trinajstić information content (AvgIpc) is 2.15. The van der Waals surface area contributed by atoms with Crippen LogP contribution in [0.15, 0.2) is 34.5 Å². The molecule has 0 radical (unpaired) electrons. The van der Waals surface area contributed by atoms with Gasteiger partial charge in [-0.05, 0) is 12.1 Å². The summed E-state index contributed by atoms with van der Waals surface area (Å²) in [6.45, 7) is 0. The summed E-state index contributed by atoms with van der Waals surface area (Å²) in [4.78, 5) is 20.4. The van der Waals surface area contributed by atoms with Crippen LogP contribution in [0.1, 0.15) is 10.4 Å². The zero-order chi connectivity index (χ0) is 9.68. The summed E-state index contributed by atoms with van der Waals surface area (Å²) >= 11 is 0. The van der Waals surface area contributed by atoms with Crippen molar-refractivity contribution in [3.63, 3.8) is 0 Å². The number of carbonyl (C=O) groups excluding carboxylic acids is 1. The summed E-state index contributed by atoms with van der Waals surface area (Å²) in [7, 11) is 0. The van der Waals surface area contributed by atoms with Gasteiger partial charge in [0.05, 0.1) is 5.56 Å². The fourth-order valence-corrected chi connectivity index (χ4v) is 0.827. The number of amides is 1. The first kappa shape index (κ1) is 9.05. The predicted molar refractivity (Wildman–Crippen MR) is 44.0 cm³/mol. The van der Waals surface area contributed by atoms with Gasteiger partial charge in [0, 0.05) is 0 Å². The molecule has 1 aromatic rings. The van der Waals surface area contributed by atoms with E-state index >= 15 is 0 Å². The molecule has 0 atom stereocenters. The molecule has 0 unspecified atom stereocenters. The number of carboxylic acids is 1. The number of azo groups is 1. The van der Waals surface area contributed by atoms with Gasteiger partial charge in [-0.2, -0.15) is 0 Å². The van der Waals surface area contributed by atoms with Crippen molar-refractivity contribution in [2.45, 2.75) is 0 Å². The quantitative estimate of drug-likeness (QED) is 0.564. The Morgan fingerprint density at radius 3 is 2.69 bits per heavy atom. The molecule has 5 heteroatoms. The third-order valence-electron chi connectivity index (χ3n) is 1.35. The fraction of sp³-hybridized carbons (Fsp3) is 0. The Morgan fingerprint density at radius 2 is 2.08 bits per heavy atom. The average molecular weight is 178 g/mol. The molecule has 0 heterocycles. The Bertz CT molecular complexity index is 360. The minimum absolute atomic E-state index is 0.0214. The number of carboxylic acid groups (broad SMARTS) is 1. The van der Waals surface area contributed by atoms with E-state index in [1.54, 1.807) is 12.1 Å². The van der Waals surface area contributed by atoms with Gasteiger partial charge in [0.25, 0.3) is 6.41 Å². The standard InChI is InChI=1S/C8H6N2O3/c11-5-9-10-7-4-2-1-3-6(7)8(12)13/h1-5H,(H,12,13). The normalized spacial score (nSPS) is 10.2. The molecule has 13 heavy (non-hydrogen) atoms. The van der Waals surface area contributed by atoms with E-state index in [1.165, 1.54) is 12.1 Å². The summed E-state index contributed by atoms with van der Waals surface area (Å²) in [5, 5.41) is 15.2. The molecule has 0 spiro atoms. The van der Waals surface area contributed by atoms with Gasteiger partial charge in [-0.3, -0.25) is 4.79 Å². The summed E-state index contributed by atoms with van der Waals surface area (Å²) in [6.07, 6.45) is 0.249. The maximum Gasteiger partial charge on any atom is 0.337 e. The first-order valence-electron chi connectivity index (χ1n) is 3.42. The molecular weight excluding hydrogens is 172 g/mol. The second-order valence-electron chi connectivity index (χ2n) is 2.14. The highest BCUT2D eigenvalue weighted by molar-refractivity contribution is 5.93. The zero-order valence-electron chi connectivity index (χ0n) is 6.54. The lowest BCUT2D eigenvalue weighted by Gasteiger charge is -1.96. The Balaban J connectivity index is 3.11. The van der Waals surface area contributed by atoms with Gasteiger partial charge in [0.1, 0.15) is 5.69 Å². The Kier molecular flexibility index (Phi) is 2.86. The van der Waals surface area contributed by atoms with Gasteiger partial charge in [0.15, 0.2) is 0 Å². The summed E-state index contributed by atoms with van der Waals surface area (Å²) < 4.78 is 0. The molecule has 1 aromatic carbocycles. The maximum absolute atomic E-state index is 10.6. The van der Waals surface area contributed by atoms with Crippen molar-refractivity contribution in [3.8, 4) is 0 Å².